The molecule has 8 heteroatoms. The van der Waals surface area contributed by atoms with Crippen LogP contribution in [-0.2, 0) is 11.3 Å². The summed E-state index contributed by atoms with van der Waals surface area (Å²) in [6.07, 6.45) is 1.97. The van der Waals surface area contributed by atoms with Gasteiger partial charge >= 0.3 is 0 Å². The van der Waals surface area contributed by atoms with Crippen molar-refractivity contribution < 1.29 is 9.21 Å². The van der Waals surface area contributed by atoms with Gasteiger partial charge in [0, 0.05) is 0 Å². The molecule has 0 bridgehead atoms. The lowest BCUT2D eigenvalue weighted by molar-refractivity contribution is -0.125. The third kappa shape index (κ3) is 3.76. The molecule has 0 aliphatic heterocycles. The number of rotatable bonds is 6. The molecular weight excluding hydrogens is 394 g/mol. The highest BCUT2D eigenvalue weighted by atomic mass is 16.3. The molecule has 3 heterocycles. The van der Waals surface area contributed by atoms with Crippen LogP contribution in [-0.4, -0.2) is 25.5 Å². The Morgan fingerprint density at radius 1 is 1.13 bits per heavy atom. The molecule has 0 aliphatic carbocycles. The maximum Gasteiger partial charge on any atom is 0.295 e. The molecule has 4 aromatic rings. The van der Waals surface area contributed by atoms with Crippen LogP contribution >= 0.6 is 0 Å². The summed E-state index contributed by atoms with van der Waals surface area (Å²) in [7, 11) is 0. The molecule has 0 fully saturated rings. The summed E-state index contributed by atoms with van der Waals surface area (Å²) in [5.41, 5.74) is 3.43. The number of benzene rings is 1. The second kappa shape index (κ2) is 8.22. The van der Waals surface area contributed by atoms with Crippen molar-refractivity contribution in [1.82, 2.24) is 24.9 Å². The van der Waals surface area contributed by atoms with Gasteiger partial charge in [0.25, 0.3) is 5.56 Å². The van der Waals surface area contributed by atoms with E-state index in [0.29, 0.717) is 28.8 Å². The standard InChI is InChI=1S/C23H25N5O3/c1-5-19(22(29)24-13-18-7-6-12-31-18)28-23(30)21-20(15(3)25-28)16(4)27(26-21)17-10-8-14(2)9-11-17/h6-12,19H,5,13H2,1-4H3,(H,24,29)/t19-/m1/s1. The van der Waals surface area contributed by atoms with Crippen LogP contribution < -0.4 is 10.9 Å². The average Bonchev–Trinajstić information content (AvgIpc) is 3.39. The number of aryl methyl sites for hydroxylation is 3. The molecule has 4 rings (SSSR count). The molecule has 31 heavy (non-hydrogen) atoms. The minimum absolute atomic E-state index is 0.249. The van der Waals surface area contributed by atoms with Crippen molar-refractivity contribution >= 4 is 16.8 Å². The van der Waals surface area contributed by atoms with E-state index in [1.165, 1.54) is 4.68 Å². The van der Waals surface area contributed by atoms with E-state index in [9.17, 15) is 9.59 Å². The fraction of sp³-hybridized carbons (Fsp3) is 0.304. The third-order valence-electron chi connectivity index (χ3n) is 5.43. The zero-order chi connectivity index (χ0) is 22.1. The number of carbonyl (C=O) groups excluding carboxylic acids is 1. The second-order valence-electron chi connectivity index (χ2n) is 7.61. The molecule has 3 aromatic heterocycles. The van der Waals surface area contributed by atoms with Crippen LogP contribution in [0.5, 0.6) is 0 Å². The molecule has 0 saturated carbocycles. The van der Waals surface area contributed by atoms with Crippen LogP contribution in [0.4, 0.5) is 0 Å². The van der Waals surface area contributed by atoms with Gasteiger partial charge in [-0.1, -0.05) is 24.6 Å². The highest BCUT2D eigenvalue weighted by molar-refractivity contribution is 5.84. The van der Waals surface area contributed by atoms with Gasteiger partial charge in [0.15, 0.2) is 5.52 Å². The minimum Gasteiger partial charge on any atom is -0.467 e. The molecular formula is C23H25N5O3. The van der Waals surface area contributed by atoms with Crippen LogP contribution in [0.2, 0.25) is 0 Å². The van der Waals surface area contributed by atoms with Gasteiger partial charge in [0.1, 0.15) is 11.8 Å². The van der Waals surface area contributed by atoms with E-state index in [-0.39, 0.29) is 18.0 Å². The van der Waals surface area contributed by atoms with E-state index in [2.05, 4.69) is 15.5 Å². The Balaban J connectivity index is 1.74. The van der Waals surface area contributed by atoms with Gasteiger partial charge in [-0.05, 0) is 51.5 Å². The van der Waals surface area contributed by atoms with Crippen LogP contribution in [0.1, 0.15) is 42.1 Å². The quantitative estimate of drug-likeness (QED) is 0.517. The maximum absolute atomic E-state index is 13.3. The third-order valence-corrected chi connectivity index (χ3v) is 5.43. The number of nitrogens with one attached hydrogen (secondary N) is 1. The Morgan fingerprint density at radius 2 is 1.87 bits per heavy atom. The number of fused-ring (bicyclic) bond motifs is 1. The van der Waals surface area contributed by atoms with Crippen LogP contribution in [0.15, 0.2) is 51.9 Å². The van der Waals surface area contributed by atoms with E-state index in [4.69, 9.17) is 4.42 Å². The van der Waals surface area contributed by atoms with Crippen molar-refractivity contribution in [2.45, 2.75) is 46.7 Å². The summed E-state index contributed by atoms with van der Waals surface area (Å²) in [6.45, 7) is 7.87. The molecule has 1 amide bonds. The van der Waals surface area contributed by atoms with Crippen molar-refractivity contribution in [3.05, 3.63) is 75.7 Å². The minimum atomic E-state index is -0.740. The number of amides is 1. The highest BCUT2D eigenvalue weighted by Gasteiger charge is 2.25. The zero-order valence-corrected chi connectivity index (χ0v) is 18.0. The monoisotopic (exact) mass is 419 g/mol. The number of carbonyl (C=O) groups is 1. The van der Waals surface area contributed by atoms with Crippen molar-refractivity contribution in [1.29, 1.82) is 0 Å². The largest absolute Gasteiger partial charge is 0.467 e. The Labute approximate surface area is 179 Å². The number of furan rings is 1. The molecule has 160 valence electrons. The molecule has 1 atom stereocenters. The van der Waals surface area contributed by atoms with Crippen molar-refractivity contribution in [3.63, 3.8) is 0 Å². The number of hydrogen-bond acceptors (Lipinski definition) is 5. The van der Waals surface area contributed by atoms with Crippen molar-refractivity contribution in [2.24, 2.45) is 0 Å². The molecule has 0 unspecified atom stereocenters. The first-order valence-electron chi connectivity index (χ1n) is 10.3. The number of aromatic nitrogens is 4. The van der Waals surface area contributed by atoms with Crippen molar-refractivity contribution in [2.75, 3.05) is 0 Å². The molecule has 1 aromatic carbocycles. The summed E-state index contributed by atoms with van der Waals surface area (Å²) < 4.78 is 8.26. The van der Waals surface area contributed by atoms with Crippen LogP contribution in [0.25, 0.3) is 16.6 Å². The van der Waals surface area contributed by atoms with Gasteiger partial charge in [0.05, 0.1) is 35.3 Å². The van der Waals surface area contributed by atoms with E-state index in [1.54, 1.807) is 23.1 Å². The molecule has 1 N–H and O–H groups in total. The lowest BCUT2D eigenvalue weighted by Gasteiger charge is -2.17. The van der Waals surface area contributed by atoms with Gasteiger partial charge in [-0.25, -0.2) is 9.36 Å². The van der Waals surface area contributed by atoms with E-state index in [0.717, 1.165) is 16.9 Å². The highest BCUT2D eigenvalue weighted by Crippen LogP contribution is 2.22. The molecule has 0 radical (unpaired) electrons. The van der Waals surface area contributed by atoms with E-state index in [1.807, 2.05) is 52.0 Å². The van der Waals surface area contributed by atoms with Gasteiger partial charge in [-0.2, -0.15) is 10.2 Å². The molecule has 0 aliphatic rings. The van der Waals surface area contributed by atoms with Crippen LogP contribution in [0, 0.1) is 20.8 Å². The first-order chi connectivity index (χ1) is 14.9. The van der Waals surface area contributed by atoms with Gasteiger partial charge in [-0.15, -0.1) is 0 Å². The predicted octanol–water partition coefficient (Wildman–Crippen LogP) is 3.37. The summed E-state index contributed by atoms with van der Waals surface area (Å²) >= 11 is 0. The lowest BCUT2D eigenvalue weighted by Crippen LogP contribution is -2.38. The predicted molar refractivity (Wildman–Crippen MR) is 117 cm³/mol. The van der Waals surface area contributed by atoms with Gasteiger partial charge in [-0.3, -0.25) is 9.59 Å². The van der Waals surface area contributed by atoms with Gasteiger partial charge in [0.2, 0.25) is 5.91 Å². The summed E-state index contributed by atoms with van der Waals surface area (Å²) in [6, 6.07) is 10.7. The lowest BCUT2D eigenvalue weighted by atomic mass is 10.2. The zero-order valence-electron chi connectivity index (χ0n) is 18.0. The molecule has 8 nitrogen and oxygen atoms in total. The van der Waals surface area contributed by atoms with Crippen molar-refractivity contribution in [3.8, 4) is 5.69 Å². The second-order valence-corrected chi connectivity index (χ2v) is 7.61. The van der Waals surface area contributed by atoms with E-state index >= 15 is 0 Å². The molecule has 0 saturated heterocycles. The average molecular weight is 419 g/mol. The first kappa shape index (κ1) is 20.6. The van der Waals surface area contributed by atoms with Crippen LogP contribution in [0.3, 0.4) is 0 Å². The summed E-state index contributed by atoms with van der Waals surface area (Å²) in [5, 5.41) is 12.6. The maximum atomic E-state index is 13.3. The Hall–Kier alpha value is -3.68. The summed E-state index contributed by atoms with van der Waals surface area (Å²) in [4.78, 5) is 26.1. The summed E-state index contributed by atoms with van der Waals surface area (Å²) in [5.74, 6) is 0.351. The van der Waals surface area contributed by atoms with E-state index < -0.39 is 6.04 Å². The normalized spacial score (nSPS) is 12.3. The fourth-order valence-corrected chi connectivity index (χ4v) is 3.77. The SMILES string of the molecule is CC[C@H](C(=O)NCc1ccco1)n1nc(C)c2c(C)n(-c3ccc(C)cc3)nc2c1=O. The van der Waals surface area contributed by atoms with Gasteiger partial charge < -0.3 is 9.73 Å². The topological polar surface area (TPSA) is 95.0 Å². The smallest absolute Gasteiger partial charge is 0.295 e. The number of nitrogens with zero attached hydrogens (tertiary/aromatic N) is 4. The Kier molecular flexibility index (Phi) is 5.46. The first-order valence-corrected chi connectivity index (χ1v) is 10.3. The Bertz CT molecular complexity index is 1280. The molecule has 0 spiro atoms. The number of hydrogen-bond donors (Lipinski definition) is 1. The fourth-order valence-electron chi connectivity index (χ4n) is 3.77. The Morgan fingerprint density at radius 3 is 2.52 bits per heavy atom.